The van der Waals surface area contributed by atoms with Gasteiger partial charge in [-0.25, -0.2) is 4.99 Å². The van der Waals surface area contributed by atoms with Gasteiger partial charge in [-0.2, -0.15) is 10.5 Å². The highest BCUT2D eigenvalue weighted by Crippen LogP contribution is 2.26. The molecule has 2 N–H and O–H groups in total. The molecule has 0 spiro atoms. The lowest BCUT2D eigenvalue weighted by Gasteiger charge is -2.38. The summed E-state index contributed by atoms with van der Waals surface area (Å²) in [5, 5.41) is 25.7. The average Bonchev–Trinajstić information content (AvgIpc) is 2.89. The van der Waals surface area contributed by atoms with Gasteiger partial charge in [-0.3, -0.25) is 4.79 Å². The third kappa shape index (κ3) is 8.45. The predicted molar refractivity (Wildman–Crippen MR) is 145 cm³/mol. The first kappa shape index (κ1) is 28.4. The first-order valence-corrected chi connectivity index (χ1v) is 13.3. The van der Waals surface area contributed by atoms with Gasteiger partial charge >= 0.3 is 0 Å². The number of aliphatic imine (C=N–C) groups is 1. The van der Waals surface area contributed by atoms with Crippen molar-refractivity contribution in [3.63, 3.8) is 0 Å². The lowest BCUT2D eigenvalue weighted by atomic mass is 9.85. The van der Waals surface area contributed by atoms with E-state index in [9.17, 15) is 10.1 Å². The molecular weight excluding hydrogens is 466 g/mol. The minimum Gasteiger partial charge on any atom is -0.378 e. The number of nitrogens with one attached hydrogen (secondary N) is 2. The van der Waals surface area contributed by atoms with Crippen molar-refractivity contribution in [2.75, 3.05) is 51.3 Å². The van der Waals surface area contributed by atoms with Crippen molar-refractivity contribution in [2.45, 2.75) is 65.0 Å². The van der Waals surface area contributed by atoms with Crippen molar-refractivity contribution < 1.29 is 9.53 Å². The number of ether oxygens (including phenoxy) is 1. The second kappa shape index (κ2) is 12.9. The van der Waals surface area contributed by atoms with Crippen LogP contribution in [0.3, 0.4) is 0 Å². The zero-order valence-corrected chi connectivity index (χ0v) is 22.7. The lowest BCUT2D eigenvalue weighted by Crippen LogP contribution is -2.57. The SMILES string of the molecule is CCCN1CCC(C#N)(NC(=O)C(CC(C)(C)C)N=C(Nc2ccc(C#N)cc2)N2CCOCC2)CC1. The van der Waals surface area contributed by atoms with E-state index < -0.39 is 11.6 Å². The smallest absolute Gasteiger partial charge is 0.246 e. The maximum atomic E-state index is 13.7. The van der Waals surface area contributed by atoms with E-state index in [1.165, 1.54) is 0 Å². The van der Waals surface area contributed by atoms with Gasteiger partial charge in [0, 0.05) is 31.9 Å². The van der Waals surface area contributed by atoms with Crippen molar-refractivity contribution in [1.29, 1.82) is 10.5 Å². The summed E-state index contributed by atoms with van der Waals surface area (Å²) in [6.07, 6.45) is 2.83. The molecule has 0 aliphatic carbocycles. The van der Waals surface area contributed by atoms with E-state index in [1.807, 2.05) is 12.1 Å². The third-order valence-corrected chi connectivity index (χ3v) is 6.79. The number of rotatable bonds is 7. The molecule has 2 heterocycles. The molecule has 1 aromatic rings. The van der Waals surface area contributed by atoms with Crippen LogP contribution < -0.4 is 10.6 Å². The molecule has 0 saturated carbocycles. The van der Waals surface area contributed by atoms with Crippen LogP contribution >= 0.6 is 0 Å². The van der Waals surface area contributed by atoms with Crippen LogP contribution in [0.2, 0.25) is 0 Å². The van der Waals surface area contributed by atoms with Gasteiger partial charge in [0.2, 0.25) is 5.91 Å². The quantitative estimate of drug-likeness (QED) is 0.429. The number of nitriles is 2. The maximum absolute atomic E-state index is 13.7. The molecule has 1 aromatic carbocycles. The highest BCUT2D eigenvalue weighted by atomic mass is 16.5. The number of amides is 1. The Morgan fingerprint density at radius 1 is 1.14 bits per heavy atom. The molecule has 3 rings (SSSR count). The second-order valence-corrected chi connectivity index (χ2v) is 11.2. The molecule has 0 aromatic heterocycles. The molecule has 2 fully saturated rings. The fraction of sp³-hybridized carbons (Fsp3) is 0.643. The number of benzene rings is 1. The summed E-state index contributed by atoms with van der Waals surface area (Å²) >= 11 is 0. The minimum absolute atomic E-state index is 0.152. The van der Waals surface area contributed by atoms with Crippen LogP contribution in [0.4, 0.5) is 5.69 Å². The number of carbonyl (C=O) groups is 1. The first-order chi connectivity index (χ1) is 17.7. The van der Waals surface area contributed by atoms with Crippen LogP contribution in [0, 0.1) is 28.1 Å². The van der Waals surface area contributed by atoms with Crippen molar-refractivity contribution in [1.82, 2.24) is 15.1 Å². The molecule has 0 bridgehead atoms. The second-order valence-electron chi connectivity index (χ2n) is 11.2. The summed E-state index contributed by atoms with van der Waals surface area (Å²) in [6.45, 7) is 13.5. The number of hydrogen-bond donors (Lipinski definition) is 2. The molecule has 1 unspecified atom stereocenters. The fourth-order valence-corrected chi connectivity index (χ4v) is 4.71. The number of anilines is 1. The number of morpholine rings is 1. The van der Waals surface area contributed by atoms with Gasteiger partial charge in [0.1, 0.15) is 11.6 Å². The largest absolute Gasteiger partial charge is 0.378 e. The molecule has 0 radical (unpaired) electrons. The Bertz CT molecular complexity index is 1000. The van der Waals surface area contributed by atoms with Gasteiger partial charge in [-0.15, -0.1) is 0 Å². The molecule has 200 valence electrons. The van der Waals surface area contributed by atoms with E-state index in [2.05, 4.69) is 60.3 Å². The highest BCUT2D eigenvalue weighted by molar-refractivity contribution is 5.96. The lowest BCUT2D eigenvalue weighted by molar-refractivity contribution is -0.124. The standard InChI is InChI=1S/C28H41N7O2/c1-5-12-34-13-10-28(21-30,11-14-34)33-25(36)24(19-27(2,3)4)32-26(35-15-17-37-18-16-35)31-23-8-6-22(20-29)7-9-23/h6-9,24H,5,10-19H2,1-4H3,(H,31,32)(H,33,36). The van der Waals surface area contributed by atoms with E-state index in [0.717, 1.165) is 31.7 Å². The summed E-state index contributed by atoms with van der Waals surface area (Å²) in [7, 11) is 0. The molecule has 2 saturated heterocycles. The summed E-state index contributed by atoms with van der Waals surface area (Å²) in [5.74, 6) is 0.383. The van der Waals surface area contributed by atoms with E-state index in [4.69, 9.17) is 15.0 Å². The van der Waals surface area contributed by atoms with E-state index >= 15 is 0 Å². The van der Waals surface area contributed by atoms with Crippen LogP contribution in [0.1, 0.15) is 58.9 Å². The van der Waals surface area contributed by atoms with Gasteiger partial charge in [-0.05, 0) is 61.9 Å². The van der Waals surface area contributed by atoms with Crippen molar-refractivity contribution >= 4 is 17.6 Å². The Morgan fingerprint density at radius 3 is 2.32 bits per heavy atom. The highest BCUT2D eigenvalue weighted by Gasteiger charge is 2.38. The van der Waals surface area contributed by atoms with E-state index in [0.29, 0.717) is 57.1 Å². The number of hydrogen-bond acceptors (Lipinski definition) is 6. The average molecular weight is 508 g/mol. The monoisotopic (exact) mass is 507 g/mol. The van der Waals surface area contributed by atoms with Gasteiger partial charge in [-0.1, -0.05) is 27.7 Å². The number of guanidine groups is 1. The molecular formula is C28H41N7O2. The predicted octanol–water partition coefficient (Wildman–Crippen LogP) is 3.35. The minimum atomic E-state index is -0.868. The number of piperidine rings is 1. The van der Waals surface area contributed by atoms with Crippen LogP contribution in [0.5, 0.6) is 0 Å². The molecule has 1 atom stereocenters. The van der Waals surface area contributed by atoms with Gasteiger partial charge < -0.3 is 25.2 Å². The number of nitrogens with zero attached hydrogens (tertiary/aromatic N) is 5. The molecule has 37 heavy (non-hydrogen) atoms. The van der Waals surface area contributed by atoms with Crippen LogP contribution in [0.25, 0.3) is 0 Å². The normalized spacial score (nSPS) is 19.4. The summed E-state index contributed by atoms with van der Waals surface area (Å²) in [6, 6.07) is 11.1. The van der Waals surface area contributed by atoms with Crippen LogP contribution in [0.15, 0.2) is 29.3 Å². The molecule has 9 nitrogen and oxygen atoms in total. The number of carbonyl (C=O) groups excluding carboxylic acids is 1. The maximum Gasteiger partial charge on any atom is 0.246 e. The van der Waals surface area contributed by atoms with Crippen LogP contribution in [-0.2, 0) is 9.53 Å². The Labute approximate surface area is 221 Å². The van der Waals surface area contributed by atoms with Crippen LogP contribution in [-0.4, -0.2) is 79.2 Å². The zero-order valence-electron chi connectivity index (χ0n) is 22.7. The van der Waals surface area contributed by atoms with Crippen molar-refractivity contribution in [2.24, 2.45) is 10.4 Å². The van der Waals surface area contributed by atoms with Gasteiger partial charge in [0.25, 0.3) is 0 Å². The van der Waals surface area contributed by atoms with E-state index in [1.54, 1.807) is 12.1 Å². The van der Waals surface area contributed by atoms with Crippen molar-refractivity contribution in [3.8, 4) is 12.1 Å². The molecule has 9 heteroatoms. The summed E-state index contributed by atoms with van der Waals surface area (Å²) in [4.78, 5) is 23.1. The first-order valence-electron chi connectivity index (χ1n) is 13.3. The van der Waals surface area contributed by atoms with E-state index in [-0.39, 0.29) is 11.3 Å². The van der Waals surface area contributed by atoms with Crippen molar-refractivity contribution in [3.05, 3.63) is 29.8 Å². The molecule has 1 amide bonds. The van der Waals surface area contributed by atoms with Gasteiger partial charge in [0.15, 0.2) is 5.96 Å². The summed E-state index contributed by atoms with van der Waals surface area (Å²) in [5.41, 5.74) is 0.343. The Morgan fingerprint density at radius 2 is 1.78 bits per heavy atom. The Kier molecular flexibility index (Phi) is 9.91. The Hall–Kier alpha value is -3.14. The molecule has 2 aliphatic rings. The fourth-order valence-electron chi connectivity index (χ4n) is 4.71. The Balaban J connectivity index is 1.87. The zero-order chi connectivity index (χ0) is 26.9. The molecule has 2 aliphatic heterocycles. The summed E-state index contributed by atoms with van der Waals surface area (Å²) < 4.78 is 5.54. The number of likely N-dealkylation sites (tertiary alicyclic amines) is 1. The topological polar surface area (TPSA) is 117 Å². The van der Waals surface area contributed by atoms with Gasteiger partial charge in [0.05, 0.1) is 30.9 Å². The third-order valence-electron chi connectivity index (χ3n) is 6.79.